The number of nitrogens with two attached hydrogens (primary N) is 1. The van der Waals surface area contributed by atoms with Gasteiger partial charge in [-0.25, -0.2) is 4.98 Å². The van der Waals surface area contributed by atoms with Crippen LogP contribution in [0.3, 0.4) is 0 Å². The normalized spacial score (nSPS) is 23.4. The zero-order valence-corrected chi connectivity index (χ0v) is 15.7. The first-order valence-electron chi connectivity index (χ1n) is 7.73. The molecular formula is C15H27ClN4O2S. The van der Waals surface area contributed by atoms with Crippen molar-refractivity contribution in [3.05, 3.63) is 11.1 Å². The molecule has 2 unspecified atom stereocenters. The van der Waals surface area contributed by atoms with Crippen LogP contribution < -0.4 is 11.1 Å². The van der Waals surface area contributed by atoms with Crippen molar-refractivity contribution in [3.8, 4) is 0 Å². The molecule has 6 nitrogen and oxygen atoms in total. The Balaban J connectivity index is 0.00000264. The van der Waals surface area contributed by atoms with Gasteiger partial charge in [-0.1, -0.05) is 13.8 Å². The van der Waals surface area contributed by atoms with Crippen LogP contribution in [0.1, 0.15) is 33.4 Å². The fourth-order valence-corrected chi connectivity index (χ4v) is 3.28. The molecule has 23 heavy (non-hydrogen) atoms. The highest BCUT2D eigenvalue weighted by Gasteiger charge is 2.23. The molecule has 1 amide bonds. The van der Waals surface area contributed by atoms with E-state index in [1.54, 1.807) is 0 Å². The number of hydrogen-bond acceptors (Lipinski definition) is 6. The molecule has 2 rings (SSSR count). The van der Waals surface area contributed by atoms with E-state index < -0.39 is 6.04 Å². The summed E-state index contributed by atoms with van der Waals surface area (Å²) in [7, 11) is 0. The summed E-state index contributed by atoms with van der Waals surface area (Å²) in [6, 6.07) is -0.506. The second kappa shape index (κ2) is 8.94. The van der Waals surface area contributed by atoms with Gasteiger partial charge in [0.25, 0.3) is 0 Å². The molecule has 1 fully saturated rings. The number of morpholine rings is 1. The third-order valence-corrected chi connectivity index (χ3v) is 4.49. The quantitative estimate of drug-likeness (QED) is 0.838. The molecule has 0 spiro atoms. The number of thiazole rings is 1. The molecule has 3 atom stereocenters. The number of carbonyl (C=O) groups excluding carboxylic acids is 1. The van der Waals surface area contributed by atoms with E-state index in [2.05, 4.69) is 29.0 Å². The largest absolute Gasteiger partial charge is 0.373 e. The summed E-state index contributed by atoms with van der Waals surface area (Å²) in [5.41, 5.74) is 6.81. The Morgan fingerprint density at radius 2 is 2.09 bits per heavy atom. The van der Waals surface area contributed by atoms with Gasteiger partial charge < -0.3 is 15.8 Å². The van der Waals surface area contributed by atoms with E-state index in [9.17, 15) is 4.79 Å². The molecule has 1 aliphatic rings. The third kappa shape index (κ3) is 6.00. The number of rotatable bonds is 5. The third-order valence-electron chi connectivity index (χ3n) is 3.68. The second-order valence-electron chi connectivity index (χ2n) is 6.35. The van der Waals surface area contributed by atoms with Crippen LogP contribution >= 0.6 is 23.7 Å². The fraction of sp³-hybridized carbons (Fsp3) is 0.733. The van der Waals surface area contributed by atoms with E-state index in [0.29, 0.717) is 5.13 Å². The van der Waals surface area contributed by atoms with Gasteiger partial charge in [-0.2, -0.15) is 0 Å². The lowest BCUT2D eigenvalue weighted by atomic mass is 10.1. The van der Waals surface area contributed by atoms with Crippen molar-refractivity contribution < 1.29 is 9.53 Å². The number of anilines is 1. The summed E-state index contributed by atoms with van der Waals surface area (Å²) in [5, 5.41) is 5.40. The fourth-order valence-electron chi connectivity index (χ4n) is 2.57. The number of ether oxygens (including phenoxy) is 1. The number of aromatic nitrogens is 1. The van der Waals surface area contributed by atoms with Crippen molar-refractivity contribution in [3.63, 3.8) is 0 Å². The number of halogens is 1. The summed E-state index contributed by atoms with van der Waals surface area (Å²) >= 11 is 1.44. The molecule has 8 heteroatoms. The summed E-state index contributed by atoms with van der Waals surface area (Å²) in [6.45, 7) is 10.6. The van der Waals surface area contributed by atoms with Crippen molar-refractivity contribution in [2.24, 2.45) is 11.7 Å². The number of nitrogens with one attached hydrogen (secondary N) is 1. The van der Waals surface area contributed by atoms with Crippen molar-refractivity contribution in [2.75, 3.05) is 18.4 Å². The Morgan fingerprint density at radius 1 is 1.48 bits per heavy atom. The van der Waals surface area contributed by atoms with E-state index in [4.69, 9.17) is 10.5 Å². The predicted molar refractivity (Wildman–Crippen MR) is 96.1 cm³/mol. The van der Waals surface area contributed by atoms with Crippen molar-refractivity contribution in [1.82, 2.24) is 9.88 Å². The van der Waals surface area contributed by atoms with Crippen LogP contribution in [0.5, 0.6) is 0 Å². The first kappa shape index (κ1) is 20.3. The first-order chi connectivity index (χ1) is 10.3. The zero-order valence-electron chi connectivity index (χ0n) is 14.1. The average Bonchev–Trinajstić information content (AvgIpc) is 2.83. The van der Waals surface area contributed by atoms with Gasteiger partial charge in [0.05, 0.1) is 23.9 Å². The van der Waals surface area contributed by atoms with Crippen molar-refractivity contribution in [2.45, 2.75) is 52.5 Å². The molecule has 0 saturated carbocycles. The SMILES string of the molecule is CC1CN(Cc2csc(NC(=O)[C@@H](N)C(C)C)n2)CC(C)O1.Cl. The van der Waals surface area contributed by atoms with Crippen LogP contribution in [0.2, 0.25) is 0 Å². The number of nitrogens with zero attached hydrogens (tertiary/aromatic N) is 2. The molecule has 0 aliphatic carbocycles. The molecular weight excluding hydrogens is 336 g/mol. The molecule has 132 valence electrons. The highest BCUT2D eigenvalue weighted by atomic mass is 35.5. The number of hydrogen-bond donors (Lipinski definition) is 2. The standard InChI is InChI=1S/C15H26N4O2S.ClH/c1-9(2)13(16)14(20)18-15-17-12(8-22-15)7-19-5-10(3)21-11(4)6-19;/h8-11,13H,5-7,16H2,1-4H3,(H,17,18,20);1H/t10?,11?,13-;/m0./s1. The maximum atomic E-state index is 11.9. The second-order valence-corrected chi connectivity index (χ2v) is 7.21. The lowest BCUT2D eigenvalue weighted by molar-refractivity contribution is -0.118. The van der Waals surface area contributed by atoms with Gasteiger partial charge >= 0.3 is 0 Å². The summed E-state index contributed by atoms with van der Waals surface area (Å²) in [4.78, 5) is 18.8. The highest BCUT2D eigenvalue weighted by Crippen LogP contribution is 2.19. The van der Waals surface area contributed by atoms with Gasteiger partial charge in [0.1, 0.15) is 0 Å². The van der Waals surface area contributed by atoms with E-state index in [0.717, 1.165) is 25.3 Å². The maximum absolute atomic E-state index is 11.9. The minimum Gasteiger partial charge on any atom is -0.373 e. The minimum atomic E-state index is -0.506. The van der Waals surface area contributed by atoms with E-state index >= 15 is 0 Å². The maximum Gasteiger partial charge on any atom is 0.243 e. The average molecular weight is 363 g/mol. The van der Waals surface area contributed by atoms with E-state index in [1.165, 1.54) is 11.3 Å². The molecule has 1 aliphatic heterocycles. The van der Waals surface area contributed by atoms with Crippen LogP contribution in [0.15, 0.2) is 5.38 Å². The lowest BCUT2D eigenvalue weighted by Gasteiger charge is -2.34. The van der Waals surface area contributed by atoms with Crippen molar-refractivity contribution >= 4 is 34.8 Å². The van der Waals surface area contributed by atoms with Gasteiger partial charge in [-0.3, -0.25) is 9.69 Å². The van der Waals surface area contributed by atoms with E-state index in [-0.39, 0.29) is 36.4 Å². The molecule has 0 aromatic carbocycles. The van der Waals surface area contributed by atoms with Crippen molar-refractivity contribution in [1.29, 1.82) is 0 Å². The molecule has 3 N–H and O–H groups in total. The molecule has 1 saturated heterocycles. The zero-order chi connectivity index (χ0) is 16.3. The molecule has 1 aromatic rings. The Hall–Kier alpha value is -0.730. The van der Waals surface area contributed by atoms with Gasteiger partial charge in [-0.05, 0) is 19.8 Å². The first-order valence-corrected chi connectivity index (χ1v) is 8.61. The number of amides is 1. The van der Waals surface area contributed by atoms with Crippen LogP contribution in [0.4, 0.5) is 5.13 Å². The van der Waals surface area contributed by atoms with Gasteiger partial charge in [0.15, 0.2) is 5.13 Å². The van der Waals surface area contributed by atoms with Gasteiger partial charge in [0.2, 0.25) is 5.91 Å². The topological polar surface area (TPSA) is 80.5 Å². The summed E-state index contributed by atoms with van der Waals surface area (Å²) in [5.74, 6) is -0.0692. The monoisotopic (exact) mass is 362 g/mol. The molecule has 0 bridgehead atoms. The van der Waals surface area contributed by atoms with Crippen LogP contribution in [-0.2, 0) is 16.1 Å². The van der Waals surface area contributed by atoms with E-state index in [1.807, 2.05) is 19.2 Å². The number of carbonyl (C=O) groups is 1. The molecule has 0 radical (unpaired) electrons. The Bertz CT molecular complexity index is 501. The van der Waals surface area contributed by atoms with Gasteiger partial charge in [0, 0.05) is 25.0 Å². The van der Waals surface area contributed by atoms with Gasteiger partial charge in [-0.15, -0.1) is 23.7 Å². The molecule has 2 heterocycles. The highest BCUT2D eigenvalue weighted by molar-refractivity contribution is 7.13. The molecule has 1 aromatic heterocycles. The summed E-state index contributed by atoms with van der Waals surface area (Å²) in [6.07, 6.45) is 0.483. The van der Waals surface area contributed by atoms with Crippen LogP contribution in [0.25, 0.3) is 0 Å². The Kier molecular flexibility index (Phi) is 7.89. The lowest BCUT2D eigenvalue weighted by Crippen LogP contribution is -2.44. The Morgan fingerprint density at radius 3 is 2.65 bits per heavy atom. The Labute approximate surface area is 148 Å². The smallest absolute Gasteiger partial charge is 0.243 e. The van der Waals surface area contributed by atoms with Crippen LogP contribution in [0, 0.1) is 5.92 Å². The van der Waals surface area contributed by atoms with Crippen LogP contribution in [-0.4, -0.2) is 47.1 Å². The predicted octanol–water partition coefficient (Wildman–Crippen LogP) is 2.10. The summed E-state index contributed by atoms with van der Waals surface area (Å²) < 4.78 is 5.73. The minimum absolute atomic E-state index is 0.